The number of hydrogen-bond donors (Lipinski definition) is 2. The van der Waals surface area contributed by atoms with Gasteiger partial charge in [0.25, 0.3) is 0 Å². The molecule has 2 atom stereocenters. The number of hydrogen-bond acceptors (Lipinski definition) is 7. The molecular formula is C10H18N4O3S. The van der Waals surface area contributed by atoms with Crippen molar-refractivity contribution < 1.29 is 12.9 Å². The molecule has 3 N–H and O–H groups in total. The third-order valence-corrected chi connectivity index (χ3v) is 4.01. The maximum Gasteiger partial charge on any atom is 0.243 e. The van der Waals surface area contributed by atoms with E-state index in [-0.39, 0.29) is 22.9 Å². The number of sulfone groups is 1. The van der Waals surface area contributed by atoms with Crippen LogP contribution >= 0.6 is 0 Å². The molecule has 7 nitrogen and oxygen atoms in total. The summed E-state index contributed by atoms with van der Waals surface area (Å²) in [5.74, 6) is 0.168. The summed E-state index contributed by atoms with van der Waals surface area (Å²) in [5, 5.41) is 7.16. The summed E-state index contributed by atoms with van der Waals surface area (Å²) in [6.45, 7) is 5.40. The highest BCUT2D eigenvalue weighted by molar-refractivity contribution is 7.91. The van der Waals surface area contributed by atoms with Gasteiger partial charge in [0.2, 0.25) is 5.88 Å². The van der Waals surface area contributed by atoms with Crippen LogP contribution in [0.15, 0.2) is 9.42 Å². The fourth-order valence-electron chi connectivity index (χ4n) is 2.34. The van der Waals surface area contributed by atoms with E-state index in [1.807, 2.05) is 18.7 Å². The summed E-state index contributed by atoms with van der Waals surface area (Å²) in [6, 6.07) is 0.498. The maximum absolute atomic E-state index is 11.7. The highest BCUT2D eigenvalue weighted by Gasteiger charge is 2.31. The maximum atomic E-state index is 11.7. The summed E-state index contributed by atoms with van der Waals surface area (Å²) in [6.07, 6.45) is 1.11. The first kappa shape index (κ1) is 13.2. The number of anilines is 2. The Hall–Kier alpha value is -1.28. The molecule has 1 aliphatic heterocycles. The summed E-state index contributed by atoms with van der Waals surface area (Å²) in [5.41, 5.74) is 5.55. The van der Waals surface area contributed by atoms with E-state index in [0.29, 0.717) is 18.9 Å². The van der Waals surface area contributed by atoms with Crippen LogP contribution in [-0.2, 0) is 9.84 Å². The van der Waals surface area contributed by atoms with E-state index in [2.05, 4.69) is 10.5 Å². The Balaban J connectivity index is 2.40. The number of nitrogens with zero attached hydrogens (tertiary/aromatic N) is 2. The molecule has 0 bridgehead atoms. The van der Waals surface area contributed by atoms with Crippen LogP contribution in [0.3, 0.4) is 0 Å². The summed E-state index contributed by atoms with van der Waals surface area (Å²) in [4.78, 5) is 1.88. The molecule has 18 heavy (non-hydrogen) atoms. The highest BCUT2D eigenvalue weighted by Crippen LogP contribution is 2.30. The predicted octanol–water partition coefficient (Wildman–Crippen LogP) is -0.153. The Kier molecular flexibility index (Phi) is 3.24. The number of nitrogen functional groups attached to an aromatic ring is 1. The second-order valence-corrected chi connectivity index (χ2v) is 6.80. The zero-order valence-electron chi connectivity index (χ0n) is 10.7. The SMILES string of the molecule is CC1CN(c2noc(N)c2S(C)(=O)=O)CC(C)N1. The molecule has 0 radical (unpaired) electrons. The zero-order chi connectivity index (χ0) is 13.5. The predicted molar refractivity (Wildman–Crippen MR) is 68.3 cm³/mol. The van der Waals surface area contributed by atoms with Crippen LogP contribution in [0.5, 0.6) is 0 Å². The van der Waals surface area contributed by atoms with Gasteiger partial charge in [0, 0.05) is 31.4 Å². The second-order valence-electron chi connectivity index (χ2n) is 4.85. The van der Waals surface area contributed by atoms with Crippen molar-refractivity contribution in [2.24, 2.45) is 0 Å². The third kappa shape index (κ3) is 2.44. The van der Waals surface area contributed by atoms with Gasteiger partial charge in [-0.2, -0.15) is 0 Å². The molecule has 1 aromatic heterocycles. The summed E-state index contributed by atoms with van der Waals surface area (Å²) in [7, 11) is -3.45. The molecule has 0 aliphatic carbocycles. The minimum absolute atomic E-state index is 0.0104. The third-order valence-electron chi connectivity index (χ3n) is 2.89. The van der Waals surface area contributed by atoms with Gasteiger partial charge in [-0.15, -0.1) is 0 Å². The quantitative estimate of drug-likeness (QED) is 0.773. The van der Waals surface area contributed by atoms with Gasteiger partial charge in [-0.25, -0.2) is 8.42 Å². The number of nitrogens with one attached hydrogen (secondary N) is 1. The van der Waals surface area contributed by atoms with Crippen LogP contribution in [0.1, 0.15) is 13.8 Å². The second kappa shape index (κ2) is 4.43. The van der Waals surface area contributed by atoms with Gasteiger partial charge >= 0.3 is 0 Å². The average molecular weight is 274 g/mol. The van der Waals surface area contributed by atoms with Gasteiger partial charge in [0.15, 0.2) is 20.6 Å². The van der Waals surface area contributed by atoms with Gasteiger partial charge in [-0.05, 0) is 13.8 Å². The molecule has 2 heterocycles. The lowest BCUT2D eigenvalue weighted by molar-refractivity contribution is 0.392. The molecule has 1 fully saturated rings. The molecule has 0 spiro atoms. The fourth-order valence-corrected chi connectivity index (χ4v) is 3.24. The minimum atomic E-state index is -3.45. The van der Waals surface area contributed by atoms with E-state index >= 15 is 0 Å². The largest absolute Gasteiger partial charge is 0.366 e. The van der Waals surface area contributed by atoms with Crippen molar-refractivity contribution in [1.82, 2.24) is 10.5 Å². The molecule has 8 heteroatoms. The van der Waals surface area contributed by atoms with Crippen LogP contribution < -0.4 is 16.0 Å². The van der Waals surface area contributed by atoms with Crippen LogP contribution in [0, 0.1) is 0 Å². The molecule has 0 amide bonds. The monoisotopic (exact) mass is 274 g/mol. The first-order valence-electron chi connectivity index (χ1n) is 5.75. The van der Waals surface area contributed by atoms with E-state index in [4.69, 9.17) is 10.3 Å². The van der Waals surface area contributed by atoms with Crippen molar-refractivity contribution in [3.63, 3.8) is 0 Å². The van der Waals surface area contributed by atoms with Crippen molar-refractivity contribution in [3.8, 4) is 0 Å². The number of nitrogens with two attached hydrogens (primary N) is 1. The van der Waals surface area contributed by atoms with E-state index < -0.39 is 9.84 Å². The number of piperazine rings is 1. The Morgan fingerprint density at radius 3 is 2.44 bits per heavy atom. The molecule has 0 saturated carbocycles. The van der Waals surface area contributed by atoms with E-state index in [1.54, 1.807) is 0 Å². The standard InChI is InChI=1S/C10H18N4O3S/c1-6-4-14(5-7(2)12-6)10-8(18(3,15)16)9(11)17-13-10/h6-7,12H,4-5,11H2,1-3H3. The Morgan fingerprint density at radius 2 is 1.94 bits per heavy atom. The lowest BCUT2D eigenvalue weighted by Crippen LogP contribution is -2.54. The Labute approximate surface area is 106 Å². The Bertz CT molecular complexity index is 529. The summed E-state index contributed by atoms with van der Waals surface area (Å²) < 4.78 is 28.3. The van der Waals surface area contributed by atoms with Gasteiger partial charge < -0.3 is 20.5 Å². The normalized spacial score (nSPS) is 25.4. The molecule has 0 aromatic carbocycles. The average Bonchev–Trinajstić information content (AvgIpc) is 2.57. The molecule has 1 aliphatic rings. The van der Waals surface area contributed by atoms with Gasteiger partial charge in [0.1, 0.15) is 0 Å². The van der Waals surface area contributed by atoms with Gasteiger partial charge in [0.05, 0.1) is 0 Å². The zero-order valence-corrected chi connectivity index (χ0v) is 11.5. The summed E-state index contributed by atoms with van der Waals surface area (Å²) >= 11 is 0. The molecule has 102 valence electrons. The topological polar surface area (TPSA) is 101 Å². The number of rotatable bonds is 2. The molecular weight excluding hydrogens is 256 g/mol. The van der Waals surface area contributed by atoms with Crippen molar-refractivity contribution in [2.45, 2.75) is 30.8 Å². The van der Waals surface area contributed by atoms with Crippen LogP contribution in [0.25, 0.3) is 0 Å². The molecule has 2 unspecified atom stereocenters. The van der Waals surface area contributed by atoms with Crippen LogP contribution in [0.4, 0.5) is 11.7 Å². The molecule has 1 aromatic rings. The van der Waals surface area contributed by atoms with E-state index in [1.165, 1.54) is 0 Å². The van der Waals surface area contributed by atoms with E-state index in [0.717, 1.165) is 6.26 Å². The van der Waals surface area contributed by atoms with Crippen LogP contribution in [0.2, 0.25) is 0 Å². The Morgan fingerprint density at radius 1 is 1.39 bits per heavy atom. The first-order chi connectivity index (χ1) is 8.29. The molecule has 1 saturated heterocycles. The van der Waals surface area contributed by atoms with E-state index in [9.17, 15) is 8.42 Å². The van der Waals surface area contributed by atoms with Crippen molar-refractivity contribution in [2.75, 3.05) is 30.0 Å². The lowest BCUT2D eigenvalue weighted by atomic mass is 10.1. The van der Waals surface area contributed by atoms with Crippen molar-refractivity contribution in [1.29, 1.82) is 0 Å². The lowest BCUT2D eigenvalue weighted by Gasteiger charge is -2.36. The van der Waals surface area contributed by atoms with Crippen LogP contribution in [-0.4, -0.2) is 45.0 Å². The smallest absolute Gasteiger partial charge is 0.243 e. The fraction of sp³-hybridized carbons (Fsp3) is 0.700. The van der Waals surface area contributed by atoms with Gasteiger partial charge in [-0.3, -0.25) is 0 Å². The van der Waals surface area contributed by atoms with Crippen molar-refractivity contribution in [3.05, 3.63) is 0 Å². The van der Waals surface area contributed by atoms with Gasteiger partial charge in [-0.1, -0.05) is 5.16 Å². The highest BCUT2D eigenvalue weighted by atomic mass is 32.2. The first-order valence-corrected chi connectivity index (χ1v) is 7.64. The molecule has 2 rings (SSSR count). The minimum Gasteiger partial charge on any atom is -0.366 e. The number of aromatic nitrogens is 1. The van der Waals surface area contributed by atoms with Crippen molar-refractivity contribution >= 4 is 21.5 Å².